The molecule has 0 spiro atoms. The number of nitrogens with one attached hydrogen (secondary N) is 1. The van der Waals surface area contributed by atoms with Gasteiger partial charge in [0.15, 0.2) is 0 Å². The summed E-state index contributed by atoms with van der Waals surface area (Å²) in [5.74, 6) is 0.729. The van der Waals surface area contributed by atoms with E-state index in [1.807, 2.05) is 25.1 Å². The molecule has 3 atom stereocenters. The van der Waals surface area contributed by atoms with Crippen molar-refractivity contribution in [2.24, 2.45) is 0 Å². The Labute approximate surface area is 107 Å². The summed E-state index contributed by atoms with van der Waals surface area (Å²) in [7, 11) is -0.759. The Hall–Kier alpha value is -0.670. The van der Waals surface area contributed by atoms with Crippen LogP contribution in [0.25, 0.3) is 0 Å². The molecule has 1 aromatic rings. The summed E-state index contributed by atoms with van der Waals surface area (Å²) in [5, 5.41) is 3.67. The molecular weight excluding hydrogens is 230 g/mol. The Morgan fingerprint density at radius 1 is 1.18 bits per heavy atom. The fourth-order valence-electron chi connectivity index (χ4n) is 2.13. The van der Waals surface area contributed by atoms with E-state index >= 15 is 0 Å². The lowest BCUT2D eigenvalue weighted by molar-refractivity contribution is 0.510. The third kappa shape index (κ3) is 3.93. The second-order valence-corrected chi connectivity index (χ2v) is 6.01. The number of hydrogen-bond donors (Lipinski definition) is 1. The molecule has 0 radical (unpaired) electrons. The molecular formula is C14H23NOS. The van der Waals surface area contributed by atoms with E-state index in [4.69, 9.17) is 0 Å². The Morgan fingerprint density at radius 3 is 2.29 bits per heavy atom. The predicted molar refractivity (Wildman–Crippen MR) is 75.6 cm³/mol. The highest BCUT2D eigenvalue weighted by Crippen LogP contribution is 2.23. The summed E-state index contributed by atoms with van der Waals surface area (Å²) in [6.07, 6.45) is 0.938. The Morgan fingerprint density at radius 2 is 1.82 bits per heavy atom. The van der Waals surface area contributed by atoms with Crippen molar-refractivity contribution < 1.29 is 4.21 Å². The molecule has 1 N–H and O–H groups in total. The molecule has 0 heterocycles. The van der Waals surface area contributed by atoms with E-state index < -0.39 is 10.8 Å². The van der Waals surface area contributed by atoms with Gasteiger partial charge in [0.1, 0.15) is 0 Å². The lowest BCUT2D eigenvalue weighted by atomic mass is 10.0. The number of rotatable bonds is 7. The van der Waals surface area contributed by atoms with Gasteiger partial charge in [0.05, 0.1) is 5.25 Å². The van der Waals surface area contributed by atoms with Crippen LogP contribution in [0.5, 0.6) is 0 Å². The van der Waals surface area contributed by atoms with Crippen LogP contribution in [0.3, 0.4) is 0 Å². The molecule has 0 saturated heterocycles. The van der Waals surface area contributed by atoms with Gasteiger partial charge in [-0.3, -0.25) is 4.21 Å². The molecule has 1 aromatic carbocycles. The topological polar surface area (TPSA) is 29.1 Å². The zero-order valence-electron chi connectivity index (χ0n) is 11.0. The Kier molecular flexibility index (Phi) is 6.45. The van der Waals surface area contributed by atoms with Gasteiger partial charge >= 0.3 is 0 Å². The monoisotopic (exact) mass is 253 g/mol. The van der Waals surface area contributed by atoms with Gasteiger partial charge in [-0.25, -0.2) is 0 Å². The molecule has 0 aliphatic carbocycles. The normalized spacial score (nSPS) is 16.4. The highest BCUT2D eigenvalue weighted by atomic mass is 32.2. The van der Waals surface area contributed by atoms with E-state index in [0.717, 1.165) is 18.7 Å². The maximum Gasteiger partial charge on any atom is 0.0540 e. The zero-order valence-corrected chi connectivity index (χ0v) is 11.8. The SMILES string of the molecule is CCNC(c1ccccc1)C(CC)S(=O)CC. The van der Waals surface area contributed by atoms with Crippen LogP contribution in [-0.4, -0.2) is 21.8 Å². The van der Waals surface area contributed by atoms with Crippen LogP contribution in [0, 0.1) is 0 Å². The van der Waals surface area contributed by atoms with Crippen LogP contribution in [-0.2, 0) is 10.8 Å². The van der Waals surface area contributed by atoms with Crippen LogP contribution >= 0.6 is 0 Å². The molecule has 0 aliphatic rings. The van der Waals surface area contributed by atoms with E-state index in [2.05, 4.69) is 31.3 Å². The molecule has 3 heteroatoms. The van der Waals surface area contributed by atoms with Gasteiger partial charge in [-0.15, -0.1) is 0 Å². The molecule has 0 aliphatic heterocycles. The minimum atomic E-state index is -0.759. The van der Waals surface area contributed by atoms with Crippen molar-refractivity contribution in [2.75, 3.05) is 12.3 Å². The van der Waals surface area contributed by atoms with Crippen LogP contribution < -0.4 is 5.32 Å². The average molecular weight is 253 g/mol. The van der Waals surface area contributed by atoms with Gasteiger partial charge in [0.2, 0.25) is 0 Å². The summed E-state index contributed by atoms with van der Waals surface area (Å²) >= 11 is 0. The van der Waals surface area contributed by atoms with Crippen molar-refractivity contribution in [2.45, 2.75) is 38.5 Å². The summed E-state index contributed by atoms with van der Waals surface area (Å²) in [4.78, 5) is 0. The second kappa shape index (κ2) is 7.62. The van der Waals surface area contributed by atoms with Crippen LogP contribution in [0.2, 0.25) is 0 Å². The van der Waals surface area contributed by atoms with Crippen LogP contribution in [0.4, 0.5) is 0 Å². The highest BCUT2D eigenvalue weighted by molar-refractivity contribution is 7.85. The maximum atomic E-state index is 12.1. The minimum absolute atomic E-state index is 0.197. The first-order valence-electron chi connectivity index (χ1n) is 6.40. The standard InChI is InChI=1S/C14H23NOS/c1-4-13(17(16)6-3)14(15-5-2)12-10-8-7-9-11-12/h7-11,13-15H,4-6H2,1-3H3. The van der Waals surface area contributed by atoms with Crippen molar-refractivity contribution in [3.63, 3.8) is 0 Å². The molecule has 1 rings (SSSR count). The quantitative estimate of drug-likeness (QED) is 0.809. The molecule has 0 amide bonds. The van der Waals surface area contributed by atoms with Crippen LogP contribution in [0.15, 0.2) is 30.3 Å². The average Bonchev–Trinajstić information content (AvgIpc) is 2.39. The first-order chi connectivity index (χ1) is 8.24. The minimum Gasteiger partial charge on any atom is -0.309 e. The molecule has 96 valence electrons. The second-order valence-electron chi connectivity index (χ2n) is 4.06. The highest BCUT2D eigenvalue weighted by Gasteiger charge is 2.25. The third-order valence-electron chi connectivity index (χ3n) is 2.98. The molecule has 0 saturated carbocycles. The van der Waals surface area contributed by atoms with Gasteiger partial charge < -0.3 is 5.32 Å². The summed E-state index contributed by atoms with van der Waals surface area (Å²) in [6.45, 7) is 7.10. The van der Waals surface area contributed by atoms with Gasteiger partial charge in [-0.05, 0) is 18.5 Å². The maximum absolute atomic E-state index is 12.1. The van der Waals surface area contributed by atoms with Crippen molar-refractivity contribution in [3.05, 3.63) is 35.9 Å². The fraction of sp³-hybridized carbons (Fsp3) is 0.571. The van der Waals surface area contributed by atoms with E-state index in [-0.39, 0.29) is 11.3 Å². The summed E-state index contributed by atoms with van der Waals surface area (Å²) in [5.41, 5.74) is 1.24. The molecule has 0 bridgehead atoms. The summed E-state index contributed by atoms with van der Waals surface area (Å²) < 4.78 is 12.1. The number of benzene rings is 1. The third-order valence-corrected chi connectivity index (χ3v) is 4.83. The Bertz CT molecular complexity index is 339. The van der Waals surface area contributed by atoms with Crippen molar-refractivity contribution in [1.82, 2.24) is 5.32 Å². The van der Waals surface area contributed by atoms with Gasteiger partial charge in [-0.1, -0.05) is 51.1 Å². The molecule has 0 fully saturated rings. The van der Waals surface area contributed by atoms with Crippen molar-refractivity contribution >= 4 is 10.8 Å². The molecule has 2 nitrogen and oxygen atoms in total. The van der Waals surface area contributed by atoms with Gasteiger partial charge in [-0.2, -0.15) is 0 Å². The van der Waals surface area contributed by atoms with Crippen LogP contribution in [0.1, 0.15) is 38.8 Å². The molecule has 0 aromatic heterocycles. The first kappa shape index (κ1) is 14.4. The Balaban J connectivity index is 2.94. The zero-order chi connectivity index (χ0) is 12.7. The first-order valence-corrected chi connectivity index (χ1v) is 7.78. The van der Waals surface area contributed by atoms with Gasteiger partial charge in [0.25, 0.3) is 0 Å². The lowest BCUT2D eigenvalue weighted by Crippen LogP contribution is -2.35. The number of hydrogen-bond acceptors (Lipinski definition) is 2. The van der Waals surface area contributed by atoms with E-state index in [1.165, 1.54) is 5.56 Å². The summed E-state index contributed by atoms with van der Waals surface area (Å²) in [6, 6.07) is 10.5. The van der Waals surface area contributed by atoms with Crippen molar-refractivity contribution in [3.8, 4) is 0 Å². The molecule has 17 heavy (non-hydrogen) atoms. The smallest absolute Gasteiger partial charge is 0.0540 e. The van der Waals surface area contributed by atoms with E-state index in [9.17, 15) is 4.21 Å². The van der Waals surface area contributed by atoms with Crippen molar-refractivity contribution in [1.29, 1.82) is 0 Å². The molecule has 3 unspecified atom stereocenters. The van der Waals surface area contributed by atoms with E-state index in [0.29, 0.717) is 0 Å². The fourth-order valence-corrected chi connectivity index (χ4v) is 3.49. The largest absolute Gasteiger partial charge is 0.309 e. The van der Waals surface area contributed by atoms with Gasteiger partial charge in [0, 0.05) is 22.6 Å². The van der Waals surface area contributed by atoms with E-state index in [1.54, 1.807) is 0 Å². The predicted octanol–water partition coefficient (Wildman–Crippen LogP) is 2.88. The lowest BCUT2D eigenvalue weighted by Gasteiger charge is -2.26.